The Labute approximate surface area is 134 Å². The monoisotopic (exact) mass is 310 g/mol. The van der Waals surface area contributed by atoms with Gasteiger partial charge < -0.3 is 14.6 Å². The molecule has 0 bridgehead atoms. The summed E-state index contributed by atoms with van der Waals surface area (Å²) >= 11 is 0. The van der Waals surface area contributed by atoms with Crippen LogP contribution in [0.25, 0.3) is 22.1 Å². The molecule has 0 spiro atoms. The lowest BCUT2D eigenvalue weighted by Gasteiger charge is -2.01. The number of aromatic nitrogens is 1. The molecule has 1 amide bonds. The van der Waals surface area contributed by atoms with Crippen LogP contribution in [-0.4, -0.2) is 31.3 Å². The number of ether oxygens (including phenoxy) is 1. The van der Waals surface area contributed by atoms with Gasteiger partial charge >= 0.3 is 0 Å². The second-order valence-electron chi connectivity index (χ2n) is 5.24. The van der Waals surface area contributed by atoms with Gasteiger partial charge in [0, 0.05) is 31.9 Å². The van der Waals surface area contributed by atoms with Crippen LogP contribution in [0.3, 0.4) is 0 Å². The molecule has 2 aromatic carbocycles. The van der Waals surface area contributed by atoms with E-state index < -0.39 is 0 Å². The van der Waals surface area contributed by atoms with Crippen LogP contribution in [0.5, 0.6) is 0 Å². The number of rotatable bonds is 6. The summed E-state index contributed by atoms with van der Waals surface area (Å²) in [6.07, 6.45) is 0.762. The van der Waals surface area contributed by atoms with Crippen molar-refractivity contribution >= 4 is 16.7 Å². The van der Waals surface area contributed by atoms with E-state index in [1.54, 1.807) is 13.2 Å². The van der Waals surface area contributed by atoms with Crippen LogP contribution in [0.15, 0.2) is 53.1 Å². The molecule has 5 heteroatoms. The van der Waals surface area contributed by atoms with Crippen molar-refractivity contribution in [2.24, 2.45) is 0 Å². The van der Waals surface area contributed by atoms with Gasteiger partial charge in [-0.3, -0.25) is 4.79 Å². The van der Waals surface area contributed by atoms with Crippen LogP contribution in [-0.2, 0) is 4.74 Å². The summed E-state index contributed by atoms with van der Waals surface area (Å²) in [4.78, 5) is 12.0. The Kier molecular flexibility index (Phi) is 4.68. The number of benzene rings is 2. The van der Waals surface area contributed by atoms with E-state index in [2.05, 4.69) is 16.5 Å². The molecule has 1 aromatic heterocycles. The summed E-state index contributed by atoms with van der Waals surface area (Å²) in [5, 5.41) is 8.92. The number of fused-ring (bicyclic) bond motifs is 1. The minimum atomic E-state index is -0.239. The molecule has 0 saturated heterocycles. The molecule has 0 aliphatic rings. The first-order valence-electron chi connectivity index (χ1n) is 7.51. The summed E-state index contributed by atoms with van der Waals surface area (Å²) < 4.78 is 10.3. The topological polar surface area (TPSA) is 64.4 Å². The minimum absolute atomic E-state index is 0.239. The van der Waals surface area contributed by atoms with Gasteiger partial charge in [0.25, 0.3) is 5.91 Å². The lowest BCUT2D eigenvalue weighted by Crippen LogP contribution is -2.25. The number of carbonyl (C=O) groups is 1. The SMILES string of the molecule is COCCCNC(=O)c1cc(-c2ccc3ccccc3c2)on1. The number of nitrogens with one attached hydrogen (secondary N) is 1. The number of nitrogens with zero attached hydrogens (tertiary/aromatic N) is 1. The van der Waals surface area contributed by atoms with Crippen molar-refractivity contribution in [2.75, 3.05) is 20.3 Å². The third-order valence-electron chi connectivity index (χ3n) is 3.59. The fraction of sp³-hybridized carbons (Fsp3) is 0.222. The van der Waals surface area contributed by atoms with E-state index in [-0.39, 0.29) is 11.6 Å². The number of hydrogen-bond acceptors (Lipinski definition) is 4. The summed E-state index contributed by atoms with van der Waals surface area (Å²) in [7, 11) is 1.63. The molecule has 5 nitrogen and oxygen atoms in total. The van der Waals surface area contributed by atoms with Crippen molar-refractivity contribution in [3.05, 3.63) is 54.2 Å². The fourth-order valence-electron chi connectivity index (χ4n) is 2.37. The number of hydrogen-bond donors (Lipinski definition) is 1. The summed E-state index contributed by atoms with van der Waals surface area (Å²) in [6, 6.07) is 15.8. The van der Waals surface area contributed by atoms with Gasteiger partial charge in [-0.1, -0.05) is 41.6 Å². The zero-order valence-electron chi connectivity index (χ0n) is 12.9. The number of carbonyl (C=O) groups excluding carboxylic acids is 1. The number of amides is 1. The van der Waals surface area contributed by atoms with E-state index in [4.69, 9.17) is 9.26 Å². The normalized spacial score (nSPS) is 10.8. The maximum absolute atomic E-state index is 12.0. The van der Waals surface area contributed by atoms with Crippen LogP contribution >= 0.6 is 0 Å². The van der Waals surface area contributed by atoms with Crippen LogP contribution in [0.4, 0.5) is 0 Å². The van der Waals surface area contributed by atoms with Crippen molar-refractivity contribution in [1.29, 1.82) is 0 Å². The van der Waals surface area contributed by atoms with E-state index in [0.29, 0.717) is 18.9 Å². The van der Waals surface area contributed by atoms with Crippen molar-refractivity contribution < 1.29 is 14.1 Å². The quantitative estimate of drug-likeness (QED) is 0.710. The van der Waals surface area contributed by atoms with Gasteiger partial charge in [-0.05, 0) is 23.3 Å². The van der Waals surface area contributed by atoms with Crippen molar-refractivity contribution in [3.63, 3.8) is 0 Å². The Balaban J connectivity index is 1.73. The first-order chi connectivity index (χ1) is 11.3. The van der Waals surface area contributed by atoms with Crippen molar-refractivity contribution in [1.82, 2.24) is 10.5 Å². The Hall–Kier alpha value is -2.66. The maximum Gasteiger partial charge on any atom is 0.273 e. The molecule has 0 aliphatic heterocycles. The highest BCUT2D eigenvalue weighted by atomic mass is 16.5. The average Bonchev–Trinajstić information content (AvgIpc) is 3.08. The molecule has 0 atom stereocenters. The average molecular weight is 310 g/mol. The molecule has 0 fully saturated rings. The van der Waals surface area contributed by atoms with Crippen LogP contribution in [0, 0.1) is 0 Å². The highest BCUT2D eigenvalue weighted by Gasteiger charge is 2.13. The van der Waals surface area contributed by atoms with E-state index in [1.165, 1.54) is 0 Å². The molecule has 23 heavy (non-hydrogen) atoms. The Morgan fingerprint density at radius 1 is 1.17 bits per heavy atom. The van der Waals surface area contributed by atoms with Gasteiger partial charge in [0.05, 0.1) is 0 Å². The smallest absolute Gasteiger partial charge is 0.273 e. The van der Waals surface area contributed by atoms with Gasteiger partial charge in [-0.2, -0.15) is 0 Å². The Morgan fingerprint density at radius 2 is 2.00 bits per heavy atom. The first-order valence-corrected chi connectivity index (χ1v) is 7.51. The summed E-state index contributed by atoms with van der Waals surface area (Å²) in [5.41, 5.74) is 1.18. The lowest BCUT2D eigenvalue weighted by atomic mass is 10.1. The lowest BCUT2D eigenvalue weighted by molar-refractivity contribution is 0.0939. The van der Waals surface area contributed by atoms with E-state index in [1.807, 2.05) is 36.4 Å². The second-order valence-corrected chi connectivity index (χ2v) is 5.24. The third kappa shape index (κ3) is 3.57. The zero-order valence-corrected chi connectivity index (χ0v) is 12.9. The van der Waals surface area contributed by atoms with Gasteiger partial charge in [-0.15, -0.1) is 0 Å². The first kappa shape index (κ1) is 15.2. The highest BCUT2D eigenvalue weighted by molar-refractivity contribution is 5.93. The minimum Gasteiger partial charge on any atom is -0.385 e. The predicted octanol–water partition coefficient (Wildman–Crippen LogP) is 3.26. The van der Waals surface area contributed by atoms with E-state index >= 15 is 0 Å². The second kappa shape index (κ2) is 7.07. The van der Waals surface area contributed by atoms with E-state index in [9.17, 15) is 4.79 Å². The van der Waals surface area contributed by atoms with Crippen molar-refractivity contribution in [2.45, 2.75) is 6.42 Å². The van der Waals surface area contributed by atoms with Gasteiger partial charge in [0.15, 0.2) is 11.5 Å². The predicted molar refractivity (Wildman–Crippen MR) is 88.3 cm³/mol. The largest absolute Gasteiger partial charge is 0.385 e. The molecular formula is C18H18N2O3. The molecule has 0 radical (unpaired) electrons. The van der Waals surface area contributed by atoms with Crippen LogP contribution in [0.1, 0.15) is 16.9 Å². The van der Waals surface area contributed by atoms with Gasteiger partial charge in [-0.25, -0.2) is 0 Å². The van der Waals surface area contributed by atoms with Crippen LogP contribution < -0.4 is 5.32 Å². The molecule has 0 unspecified atom stereocenters. The molecule has 1 N–H and O–H groups in total. The standard InChI is InChI=1S/C18H18N2O3/c1-22-10-4-9-19-18(21)16-12-17(23-20-16)15-8-7-13-5-2-3-6-14(13)11-15/h2-3,5-8,11-12H,4,9-10H2,1H3,(H,19,21). The summed E-state index contributed by atoms with van der Waals surface area (Å²) in [6.45, 7) is 1.16. The zero-order chi connectivity index (χ0) is 16.1. The van der Waals surface area contributed by atoms with Crippen LogP contribution in [0.2, 0.25) is 0 Å². The molecule has 0 saturated carbocycles. The van der Waals surface area contributed by atoms with E-state index in [0.717, 1.165) is 22.8 Å². The molecule has 1 heterocycles. The molecule has 3 rings (SSSR count). The summed E-state index contributed by atoms with van der Waals surface area (Å²) in [5.74, 6) is 0.342. The van der Waals surface area contributed by atoms with Gasteiger partial charge in [0.2, 0.25) is 0 Å². The fourth-order valence-corrected chi connectivity index (χ4v) is 2.37. The maximum atomic E-state index is 12.0. The number of methoxy groups -OCH3 is 1. The molecule has 118 valence electrons. The molecule has 3 aromatic rings. The Bertz CT molecular complexity index is 811. The third-order valence-corrected chi connectivity index (χ3v) is 3.59. The Morgan fingerprint density at radius 3 is 2.83 bits per heavy atom. The van der Waals surface area contributed by atoms with Gasteiger partial charge in [0.1, 0.15) is 0 Å². The molecule has 0 aliphatic carbocycles. The van der Waals surface area contributed by atoms with Crippen molar-refractivity contribution in [3.8, 4) is 11.3 Å². The molecular weight excluding hydrogens is 292 g/mol. The highest BCUT2D eigenvalue weighted by Crippen LogP contribution is 2.25.